The fourth-order valence-corrected chi connectivity index (χ4v) is 7.55. The second-order valence-corrected chi connectivity index (χ2v) is 13.6. The molecule has 0 saturated carbocycles. The summed E-state index contributed by atoms with van der Waals surface area (Å²) in [5.74, 6) is -1.85. The Morgan fingerprint density at radius 1 is 0.843 bits per heavy atom. The SMILES string of the molecule is CN1C(c2ccccc2)=NC(c2ccc3c(c2)-c2cc(C4=CC=C(C(=N)CC(N)C5=CC=CCC5)CC4)ccc2C3(F)F)=NC1c1ccccc1. The Balaban J connectivity index is 1.12. The first-order chi connectivity index (χ1) is 24.8. The fraction of sp³-hybridized carbons (Fsp3) is 0.205. The van der Waals surface area contributed by atoms with E-state index in [9.17, 15) is 0 Å². The molecule has 51 heavy (non-hydrogen) atoms. The number of amidine groups is 2. The summed E-state index contributed by atoms with van der Waals surface area (Å²) in [5, 5.41) is 8.74. The quantitative estimate of drug-likeness (QED) is 0.183. The maximum absolute atomic E-state index is 15.9. The first-order valence-electron chi connectivity index (χ1n) is 17.5. The molecule has 2 atom stereocenters. The number of rotatable bonds is 8. The second kappa shape index (κ2) is 13.3. The third-order valence-electron chi connectivity index (χ3n) is 10.4. The number of nitrogens with two attached hydrogens (primary N) is 1. The molecule has 4 aliphatic rings. The van der Waals surface area contributed by atoms with Gasteiger partial charge in [-0.1, -0.05) is 121 Å². The van der Waals surface area contributed by atoms with Crippen molar-refractivity contribution in [2.45, 2.75) is 50.2 Å². The Morgan fingerprint density at radius 2 is 1.53 bits per heavy atom. The number of allylic oxidation sites excluding steroid dienone is 7. The van der Waals surface area contributed by atoms with Crippen molar-refractivity contribution in [1.82, 2.24) is 4.90 Å². The van der Waals surface area contributed by atoms with Crippen LogP contribution in [0.25, 0.3) is 16.7 Å². The minimum Gasteiger partial charge on any atom is -0.333 e. The summed E-state index contributed by atoms with van der Waals surface area (Å²) in [5.41, 5.74) is 14.8. The lowest BCUT2D eigenvalue weighted by Crippen LogP contribution is -2.35. The molecule has 3 N–H and O–H groups in total. The van der Waals surface area contributed by atoms with Crippen molar-refractivity contribution >= 4 is 23.0 Å². The largest absolute Gasteiger partial charge is 0.333 e. The van der Waals surface area contributed by atoms with Crippen LogP contribution in [0.5, 0.6) is 0 Å². The molecule has 1 aliphatic heterocycles. The molecule has 0 spiro atoms. The second-order valence-electron chi connectivity index (χ2n) is 13.6. The summed E-state index contributed by atoms with van der Waals surface area (Å²) < 4.78 is 31.9. The molecule has 0 aromatic heterocycles. The summed E-state index contributed by atoms with van der Waals surface area (Å²) in [6.07, 6.45) is 13.8. The van der Waals surface area contributed by atoms with Crippen LogP contribution in [0.1, 0.15) is 71.7 Å². The van der Waals surface area contributed by atoms with Crippen molar-refractivity contribution in [2.24, 2.45) is 15.7 Å². The van der Waals surface area contributed by atoms with Gasteiger partial charge in [-0.3, -0.25) is 0 Å². The molecule has 0 saturated heterocycles. The van der Waals surface area contributed by atoms with Crippen LogP contribution in [0.15, 0.2) is 149 Å². The van der Waals surface area contributed by atoms with E-state index in [2.05, 4.69) is 17.1 Å². The van der Waals surface area contributed by atoms with Crippen LogP contribution in [-0.4, -0.2) is 35.4 Å². The van der Waals surface area contributed by atoms with Gasteiger partial charge in [-0.2, -0.15) is 8.78 Å². The predicted octanol–water partition coefficient (Wildman–Crippen LogP) is 9.76. The molecule has 4 aromatic carbocycles. The van der Waals surface area contributed by atoms with Gasteiger partial charge < -0.3 is 16.0 Å². The molecule has 3 aliphatic carbocycles. The number of fused-ring (bicyclic) bond motifs is 3. The molecule has 0 radical (unpaired) electrons. The lowest BCUT2D eigenvalue weighted by molar-refractivity contribution is 0.0480. The van der Waals surface area contributed by atoms with E-state index >= 15 is 8.78 Å². The van der Waals surface area contributed by atoms with E-state index in [-0.39, 0.29) is 23.3 Å². The molecule has 5 nitrogen and oxygen atoms in total. The molecule has 7 heteroatoms. The summed E-state index contributed by atoms with van der Waals surface area (Å²) in [6.45, 7) is 0. The highest BCUT2D eigenvalue weighted by atomic mass is 19.3. The zero-order valence-electron chi connectivity index (χ0n) is 28.5. The van der Waals surface area contributed by atoms with Gasteiger partial charge in [0.1, 0.15) is 12.0 Å². The molecular weight excluding hydrogens is 637 g/mol. The Hall–Kier alpha value is -5.53. The Labute approximate surface area is 297 Å². The van der Waals surface area contributed by atoms with E-state index in [0.29, 0.717) is 41.1 Å². The highest BCUT2D eigenvalue weighted by Gasteiger charge is 2.44. The van der Waals surface area contributed by atoms with Crippen LogP contribution in [0.2, 0.25) is 0 Å². The van der Waals surface area contributed by atoms with E-state index in [4.69, 9.17) is 21.1 Å². The average Bonchev–Trinajstić information content (AvgIpc) is 3.40. The minimum absolute atomic E-state index is 0.00744. The number of halogens is 2. The molecule has 0 bridgehead atoms. The van der Waals surface area contributed by atoms with E-state index in [1.807, 2.05) is 98.1 Å². The lowest BCUT2D eigenvalue weighted by atomic mass is 9.87. The van der Waals surface area contributed by atoms with Gasteiger partial charge in [0, 0.05) is 47.5 Å². The van der Waals surface area contributed by atoms with Crippen LogP contribution in [0, 0.1) is 5.41 Å². The summed E-state index contributed by atoms with van der Waals surface area (Å²) >= 11 is 0. The zero-order chi connectivity index (χ0) is 35.1. The number of benzene rings is 4. The van der Waals surface area contributed by atoms with Gasteiger partial charge in [0.2, 0.25) is 0 Å². The van der Waals surface area contributed by atoms with Gasteiger partial charge >= 0.3 is 0 Å². The van der Waals surface area contributed by atoms with E-state index in [0.717, 1.165) is 52.9 Å². The van der Waals surface area contributed by atoms with Gasteiger partial charge in [-0.25, -0.2) is 9.98 Å². The van der Waals surface area contributed by atoms with E-state index in [1.54, 1.807) is 18.2 Å². The fourth-order valence-electron chi connectivity index (χ4n) is 7.55. The van der Waals surface area contributed by atoms with Gasteiger partial charge in [-0.15, -0.1) is 0 Å². The zero-order valence-corrected chi connectivity index (χ0v) is 28.5. The molecule has 2 unspecified atom stereocenters. The first kappa shape index (κ1) is 32.7. The van der Waals surface area contributed by atoms with Crippen molar-refractivity contribution in [1.29, 1.82) is 5.41 Å². The van der Waals surface area contributed by atoms with E-state index < -0.39 is 5.92 Å². The lowest BCUT2D eigenvalue weighted by Gasteiger charge is -2.32. The molecule has 1 heterocycles. The van der Waals surface area contributed by atoms with Crippen LogP contribution >= 0.6 is 0 Å². The number of hydrogen-bond acceptors (Lipinski definition) is 5. The van der Waals surface area contributed by atoms with Crippen LogP contribution in [-0.2, 0) is 5.92 Å². The molecule has 0 fully saturated rings. The van der Waals surface area contributed by atoms with Crippen molar-refractivity contribution < 1.29 is 8.78 Å². The van der Waals surface area contributed by atoms with Gasteiger partial charge in [0.05, 0.1) is 0 Å². The third-order valence-corrected chi connectivity index (χ3v) is 10.4. The smallest absolute Gasteiger partial charge is 0.299 e. The molecule has 0 amide bonds. The Morgan fingerprint density at radius 3 is 2.20 bits per heavy atom. The summed E-state index contributed by atoms with van der Waals surface area (Å²) in [4.78, 5) is 12.1. The van der Waals surface area contributed by atoms with Crippen molar-refractivity contribution in [3.63, 3.8) is 0 Å². The summed E-state index contributed by atoms with van der Waals surface area (Å²) in [7, 11) is 1.98. The topological polar surface area (TPSA) is 77.8 Å². The number of alkyl halides is 2. The van der Waals surface area contributed by atoms with Gasteiger partial charge in [0.25, 0.3) is 5.92 Å². The molecule has 8 rings (SSSR count). The Kier molecular flexibility index (Phi) is 8.52. The maximum Gasteiger partial charge on any atom is 0.299 e. The van der Waals surface area contributed by atoms with Gasteiger partial charge in [-0.05, 0) is 71.2 Å². The predicted molar refractivity (Wildman–Crippen MR) is 203 cm³/mol. The first-order valence-corrected chi connectivity index (χ1v) is 17.5. The van der Waals surface area contributed by atoms with Crippen molar-refractivity contribution in [2.75, 3.05) is 7.05 Å². The number of nitrogens with zero attached hydrogens (tertiary/aromatic N) is 3. The average molecular weight is 676 g/mol. The number of aliphatic imine (C=N–C) groups is 2. The number of hydrogen-bond donors (Lipinski definition) is 2. The van der Waals surface area contributed by atoms with Crippen LogP contribution < -0.4 is 5.73 Å². The molecular formula is C44H39F2N5. The van der Waals surface area contributed by atoms with Crippen molar-refractivity contribution in [3.05, 3.63) is 172 Å². The maximum atomic E-state index is 15.9. The normalized spacial score (nSPS) is 19.6. The van der Waals surface area contributed by atoms with E-state index in [1.165, 1.54) is 11.6 Å². The summed E-state index contributed by atoms with van der Waals surface area (Å²) in [6, 6.07) is 30.2. The van der Waals surface area contributed by atoms with Crippen LogP contribution in [0.4, 0.5) is 8.78 Å². The highest BCUT2D eigenvalue weighted by molar-refractivity contribution is 6.13. The van der Waals surface area contributed by atoms with Gasteiger partial charge in [0.15, 0.2) is 5.84 Å². The Bertz CT molecular complexity index is 2210. The molecule has 4 aromatic rings. The minimum atomic E-state index is -3.12. The number of nitrogens with one attached hydrogen (secondary N) is 1. The van der Waals surface area contributed by atoms with Crippen LogP contribution in [0.3, 0.4) is 0 Å². The standard InChI is InChI=1S/C44H39F2N5/c1-51-42(31-13-7-3-8-14-31)49-41(50-43(51)32-15-9-4-10-16-32)34-22-24-38-36(26-34)35-25-33(21-23-37(35)44(38,45)46)28-17-19-30(20-18-28)40(48)27-39(47)29-11-5-2-6-12-29/h2-5,7-11,13-17,19,21-26,39,42,48H,6,12,18,20,27,47H2,1H3. The highest BCUT2D eigenvalue weighted by Crippen LogP contribution is 2.52. The van der Waals surface area contributed by atoms with Crippen molar-refractivity contribution in [3.8, 4) is 11.1 Å². The monoisotopic (exact) mass is 675 g/mol. The third kappa shape index (κ3) is 6.12. The molecule has 254 valence electrons.